The molecule has 0 N–H and O–H groups in total. The Bertz CT molecular complexity index is 1040. The first-order valence-corrected chi connectivity index (χ1v) is 8.66. The van der Waals surface area contributed by atoms with Crippen LogP contribution in [0.1, 0.15) is 24.4 Å². The van der Waals surface area contributed by atoms with E-state index in [1.807, 2.05) is 54.1 Å². The van der Waals surface area contributed by atoms with Gasteiger partial charge in [0.1, 0.15) is 12.4 Å². The number of para-hydroxylation sites is 1. The molecule has 0 fully saturated rings. The molecule has 5 nitrogen and oxygen atoms in total. The van der Waals surface area contributed by atoms with E-state index in [-0.39, 0.29) is 6.61 Å². The number of ether oxygens (including phenoxy) is 2. The molecule has 0 aliphatic carbocycles. The molecule has 1 aliphatic heterocycles. The Balaban J connectivity index is 1.57. The predicted molar refractivity (Wildman–Crippen MR) is 100 cm³/mol. The molecular weight excluding hydrogens is 352 g/mol. The highest BCUT2D eigenvalue weighted by atomic mass is 35.5. The highest BCUT2D eigenvalue weighted by Gasteiger charge is 2.23. The smallest absolute Gasteiger partial charge is 0.338 e. The van der Waals surface area contributed by atoms with Crippen LogP contribution in [-0.4, -0.2) is 22.1 Å². The molecule has 6 heteroatoms. The van der Waals surface area contributed by atoms with Crippen LogP contribution in [0.25, 0.3) is 17.1 Å². The van der Waals surface area contributed by atoms with Gasteiger partial charge >= 0.3 is 5.97 Å². The predicted octanol–water partition coefficient (Wildman–Crippen LogP) is 4.31. The first-order valence-electron chi connectivity index (χ1n) is 8.28. The van der Waals surface area contributed by atoms with Crippen molar-refractivity contribution < 1.29 is 14.3 Å². The molecule has 1 aliphatic rings. The van der Waals surface area contributed by atoms with Gasteiger partial charge < -0.3 is 14.0 Å². The number of nitrogens with zero attached hydrogens (tertiary/aromatic N) is 2. The van der Waals surface area contributed by atoms with Crippen LogP contribution in [0.4, 0.5) is 0 Å². The molecule has 0 spiro atoms. The number of hydrogen-bond acceptors (Lipinski definition) is 4. The number of halogens is 1. The van der Waals surface area contributed by atoms with E-state index >= 15 is 0 Å². The Morgan fingerprint density at radius 2 is 2.12 bits per heavy atom. The van der Waals surface area contributed by atoms with Crippen LogP contribution in [0, 0.1) is 0 Å². The van der Waals surface area contributed by atoms with E-state index in [1.165, 1.54) is 0 Å². The first-order chi connectivity index (χ1) is 12.5. The van der Waals surface area contributed by atoms with Crippen molar-refractivity contribution in [2.24, 2.45) is 7.05 Å². The second-order valence-corrected chi connectivity index (χ2v) is 6.64. The molecular formula is C20H17ClN2O3. The van der Waals surface area contributed by atoms with Gasteiger partial charge in [-0.3, -0.25) is 0 Å². The van der Waals surface area contributed by atoms with Crippen molar-refractivity contribution in [2.45, 2.75) is 13.0 Å². The van der Waals surface area contributed by atoms with Gasteiger partial charge in [0.25, 0.3) is 0 Å². The molecule has 1 atom stereocenters. The molecule has 0 amide bonds. The van der Waals surface area contributed by atoms with Gasteiger partial charge in [-0.2, -0.15) is 0 Å². The number of carbonyl (C=O) groups is 1. The monoisotopic (exact) mass is 368 g/mol. The fourth-order valence-corrected chi connectivity index (χ4v) is 3.24. The standard InChI is InChI=1S/C20H17ClN2O3/c1-12(19-22-16-10-15(21)7-8-17(16)23(19)2)26-20(24)14-9-13-5-3-4-6-18(13)25-11-14/h3-10,12H,11H2,1-2H3. The molecule has 4 rings (SSSR count). The lowest BCUT2D eigenvalue weighted by Crippen LogP contribution is -2.19. The average molecular weight is 369 g/mol. The topological polar surface area (TPSA) is 53.4 Å². The maximum absolute atomic E-state index is 12.5. The Morgan fingerprint density at radius 3 is 2.96 bits per heavy atom. The fraction of sp³-hybridized carbons (Fsp3) is 0.200. The summed E-state index contributed by atoms with van der Waals surface area (Å²) in [7, 11) is 1.89. The molecule has 2 heterocycles. The zero-order valence-corrected chi connectivity index (χ0v) is 15.2. The molecule has 0 saturated carbocycles. The third-order valence-corrected chi connectivity index (χ3v) is 4.65. The zero-order valence-electron chi connectivity index (χ0n) is 14.4. The third kappa shape index (κ3) is 2.95. The lowest BCUT2D eigenvalue weighted by atomic mass is 10.1. The van der Waals surface area contributed by atoms with Gasteiger partial charge in [-0.05, 0) is 37.3 Å². The van der Waals surface area contributed by atoms with Gasteiger partial charge in [0.15, 0.2) is 11.9 Å². The van der Waals surface area contributed by atoms with E-state index < -0.39 is 12.1 Å². The van der Waals surface area contributed by atoms with Crippen LogP contribution in [0.15, 0.2) is 48.0 Å². The molecule has 0 bridgehead atoms. The third-order valence-electron chi connectivity index (χ3n) is 4.42. The minimum absolute atomic E-state index is 0.195. The van der Waals surface area contributed by atoms with Gasteiger partial charge in [0, 0.05) is 17.6 Å². The van der Waals surface area contributed by atoms with Crippen LogP contribution in [0.5, 0.6) is 5.75 Å². The molecule has 1 unspecified atom stereocenters. The highest BCUT2D eigenvalue weighted by molar-refractivity contribution is 6.31. The quantitative estimate of drug-likeness (QED) is 0.646. The Kier molecular flexibility index (Phi) is 4.17. The molecule has 0 radical (unpaired) electrons. The largest absolute Gasteiger partial charge is 0.488 e. The minimum atomic E-state index is -0.503. The number of imidazole rings is 1. The molecule has 132 valence electrons. The van der Waals surface area contributed by atoms with Gasteiger partial charge in [-0.25, -0.2) is 9.78 Å². The zero-order chi connectivity index (χ0) is 18.3. The summed E-state index contributed by atoms with van der Waals surface area (Å²) in [6, 6.07) is 13.1. The van der Waals surface area contributed by atoms with E-state index in [0.717, 1.165) is 22.3 Å². The van der Waals surface area contributed by atoms with Crippen molar-refractivity contribution in [1.29, 1.82) is 0 Å². The summed E-state index contributed by atoms with van der Waals surface area (Å²) in [6.45, 7) is 2.00. The number of esters is 1. The van der Waals surface area contributed by atoms with Crippen LogP contribution < -0.4 is 4.74 Å². The van der Waals surface area contributed by atoms with Gasteiger partial charge in [-0.1, -0.05) is 29.8 Å². The number of aromatic nitrogens is 2. The second-order valence-electron chi connectivity index (χ2n) is 6.21. The first kappa shape index (κ1) is 16.7. The summed E-state index contributed by atoms with van der Waals surface area (Å²) in [6.07, 6.45) is 1.31. The van der Waals surface area contributed by atoms with Crippen molar-refractivity contribution in [1.82, 2.24) is 9.55 Å². The van der Waals surface area contributed by atoms with Crippen LogP contribution in [0.2, 0.25) is 5.02 Å². The number of rotatable bonds is 3. The summed E-state index contributed by atoms with van der Waals surface area (Å²) in [5.41, 5.74) is 3.06. The van der Waals surface area contributed by atoms with E-state index in [1.54, 1.807) is 13.0 Å². The summed E-state index contributed by atoms with van der Waals surface area (Å²) in [5, 5.41) is 0.620. The molecule has 2 aromatic carbocycles. The number of benzene rings is 2. The SMILES string of the molecule is CC(OC(=O)C1=Cc2ccccc2OC1)c1nc2cc(Cl)ccc2n1C. The Hall–Kier alpha value is -2.79. The Morgan fingerprint density at radius 1 is 1.31 bits per heavy atom. The van der Waals surface area contributed by atoms with Crippen molar-refractivity contribution in [3.8, 4) is 5.75 Å². The maximum Gasteiger partial charge on any atom is 0.338 e. The fourth-order valence-electron chi connectivity index (χ4n) is 3.08. The van der Waals surface area contributed by atoms with Crippen molar-refractivity contribution >= 4 is 34.7 Å². The normalized spacial score (nSPS) is 14.3. The van der Waals surface area contributed by atoms with Gasteiger partial charge in [0.2, 0.25) is 0 Å². The van der Waals surface area contributed by atoms with Crippen LogP contribution in [-0.2, 0) is 16.6 Å². The molecule has 26 heavy (non-hydrogen) atoms. The van der Waals surface area contributed by atoms with E-state index in [2.05, 4.69) is 4.98 Å². The molecule has 3 aromatic rings. The second kappa shape index (κ2) is 6.50. The molecule has 0 saturated heterocycles. The number of carbonyl (C=O) groups excluding carboxylic acids is 1. The molecule has 1 aromatic heterocycles. The van der Waals surface area contributed by atoms with Crippen LogP contribution >= 0.6 is 11.6 Å². The number of aryl methyl sites for hydroxylation is 1. The Labute approximate surface area is 155 Å². The summed E-state index contributed by atoms with van der Waals surface area (Å²) in [5.74, 6) is 1.02. The van der Waals surface area contributed by atoms with Gasteiger partial charge in [-0.15, -0.1) is 0 Å². The lowest BCUT2D eigenvalue weighted by Gasteiger charge is -2.19. The van der Waals surface area contributed by atoms with Crippen molar-refractivity contribution in [3.05, 3.63) is 64.4 Å². The summed E-state index contributed by atoms with van der Waals surface area (Å²) >= 11 is 6.03. The van der Waals surface area contributed by atoms with Gasteiger partial charge in [0.05, 0.1) is 16.6 Å². The average Bonchev–Trinajstić information content (AvgIpc) is 2.97. The van der Waals surface area contributed by atoms with Crippen LogP contribution in [0.3, 0.4) is 0 Å². The number of hydrogen-bond donors (Lipinski definition) is 0. The minimum Gasteiger partial charge on any atom is -0.488 e. The maximum atomic E-state index is 12.5. The van der Waals surface area contributed by atoms with E-state index in [9.17, 15) is 4.79 Å². The van der Waals surface area contributed by atoms with Crippen molar-refractivity contribution in [2.75, 3.05) is 6.61 Å². The van der Waals surface area contributed by atoms with Crippen molar-refractivity contribution in [3.63, 3.8) is 0 Å². The lowest BCUT2D eigenvalue weighted by molar-refractivity contribution is -0.144. The van der Waals surface area contributed by atoms with E-state index in [4.69, 9.17) is 21.1 Å². The summed E-state index contributed by atoms with van der Waals surface area (Å²) in [4.78, 5) is 17.1. The number of fused-ring (bicyclic) bond motifs is 2. The summed E-state index contributed by atoms with van der Waals surface area (Å²) < 4.78 is 13.2. The van der Waals surface area contributed by atoms with E-state index in [0.29, 0.717) is 16.4 Å². The highest BCUT2D eigenvalue weighted by Crippen LogP contribution is 2.28.